The van der Waals surface area contributed by atoms with Crippen molar-refractivity contribution in [1.82, 2.24) is 5.32 Å². The van der Waals surface area contributed by atoms with Crippen LogP contribution < -0.4 is 25.3 Å². The van der Waals surface area contributed by atoms with E-state index in [-0.39, 0.29) is 29.5 Å². The van der Waals surface area contributed by atoms with Crippen molar-refractivity contribution in [3.05, 3.63) is 17.7 Å². The van der Waals surface area contributed by atoms with Gasteiger partial charge >= 0.3 is 0 Å². The maximum absolute atomic E-state index is 5.88. The smallest absolute Gasteiger partial charge is 0.189 e. The molecule has 22 heavy (non-hydrogen) atoms. The molecule has 0 atom stereocenters. The van der Waals surface area contributed by atoms with E-state index in [2.05, 4.69) is 10.3 Å². The van der Waals surface area contributed by atoms with Gasteiger partial charge in [-0.2, -0.15) is 0 Å². The predicted octanol–water partition coefficient (Wildman–Crippen LogP) is 2.53. The van der Waals surface area contributed by atoms with Crippen LogP contribution in [-0.4, -0.2) is 32.8 Å². The van der Waals surface area contributed by atoms with Crippen molar-refractivity contribution in [2.75, 3.05) is 21.3 Å². The van der Waals surface area contributed by atoms with Crippen LogP contribution in [0.15, 0.2) is 17.1 Å². The predicted molar refractivity (Wildman–Crippen MR) is 99.7 cm³/mol. The number of nitrogens with zero attached hydrogens (tertiary/aromatic N) is 1. The van der Waals surface area contributed by atoms with Gasteiger partial charge in [0, 0.05) is 17.7 Å². The number of guanidine groups is 1. The van der Waals surface area contributed by atoms with Crippen LogP contribution in [0.25, 0.3) is 0 Å². The van der Waals surface area contributed by atoms with E-state index < -0.39 is 0 Å². The lowest BCUT2D eigenvalue weighted by Crippen LogP contribution is -2.44. The zero-order chi connectivity index (χ0) is 16.0. The van der Waals surface area contributed by atoms with E-state index in [1.165, 1.54) is 0 Å². The number of halogens is 1. The average molecular weight is 423 g/mol. The molecule has 0 aliphatic carbocycles. The Kier molecular flexibility index (Phi) is 8.36. The lowest BCUT2D eigenvalue weighted by molar-refractivity contribution is 0.369. The molecule has 0 saturated heterocycles. The van der Waals surface area contributed by atoms with E-state index in [1.807, 2.05) is 20.8 Å². The number of methoxy groups -OCH3 is 3. The average Bonchev–Trinajstić information content (AvgIpc) is 2.42. The number of aliphatic imine (C=N–C) groups is 1. The minimum atomic E-state index is -0.137. The van der Waals surface area contributed by atoms with Gasteiger partial charge in [0.15, 0.2) is 5.96 Å². The second kappa shape index (κ2) is 8.92. The number of ether oxygens (including phenoxy) is 3. The lowest BCUT2D eigenvalue weighted by atomic mass is 10.1. The summed E-state index contributed by atoms with van der Waals surface area (Å²) in [5.41, 5.74) is 6.56. The fourth-order valence-electron chi connectivity index (χ4n) is 1.82. The molecular formula is C15H26IN3O3. The van der Waals surface area contributed by atoms with Gasteiger partial charge in [0.05, 0.1) is 33.4 Å². The maximum Gasteiger partial charge on any atom is 0.189 e. The molecule has 0 spiro atoms. The number of hydrogen-bond donors (Lipinski definition) is 2. The molecule has 0 saturated carbocycles. The summed E-state index contributed by atoms with van der Waals surface area (Å²) < 4.78 is 16.0. The molecule has 0 fully saturated rings. The quantitative estimate of drug-likeness (QED) is 0.433. The Hall–Kier alpha value is -1.38. The van der Waals surface area contributed by atoms with Crippen molar-refractivity contribution in [3.63, 3.8) is 0 Å². The first-order valence-corrected chi connectivity index (χ1v) is 6.67. The molecule has 1 aromatic rings. The summed E-state index contributed by atoms with van der Waals surface area (Å²) >= 11 is 0. The highest BCUT2D eigenvalue weighted by molar-refractivity contribution is 14.0. The molecule has 7 heteroatoms. The van der Waals surface area contributed by atoms with Crippen molar-refractivity contribution in [1.29, 1.82) is 0 Å². The van der Waals surface area contributed by atoms with Crippen molar-refractivity contribution < 1.29 is 14.2 Å². The lowest BCUT2D eigenvalue weighted by Gasteiger charge is -2.21. The number of nitrogens with one attached hydrogen (secondary N) is 1. The van der Waals surface area contributed by atoms with E-state index in [1.54, 1.807) is 33.5 Å². The number of rotatable bonds is 5. The van der Waals surface area contributed by atoms with Gasteiger partial charge in [-0.25, -0.2) is 4.99 Å². The third kappa shape index (κ3) is 6.17. The minimum absolute atomic E-state index is 0. The molecule has 1 rings (SSSR count). The molecule has 6 nitrogen and oxygen atoms in total. The SMILES string of the molecule is COc1cc(OC)c(CN=C(N)NC(C)(C)C)c(OC)c1.I. The molecule has 0 heterocycles. The summed E-state index contributed by atoms with van der Waals surface area (Å²) in [5.74, 6) is 2.34. The summed E-state index contributed by atoms with van der Waals surface area (Å²) in [5, 5.41) is 3.11. The van der Waals surface area contributed by atoms with E-state index >= 15 is 0 Å². The Bertz CT molecular complexity index is 488. The Morgan fingerprint density at radius 2 is 1.59 bits per heavy atom. The van der Waals surface area contributed by atoms with E-state index in [9.17, 15) is 0 Å². The van der Waals surface area contributed by atoms with Crippen LogP contribution in [0.3, 0.4) is 0 Å². The Balaban J connectivity index is 0.00000441. The number of hydrogen-bond acceptors (Lipinski definition) is 4. The monoisotopic (exact) mass is 423 g/mol. The van der Waals surface area contributed by atoms with E-state index in [4.69, 9.17) is 19.9 Å². The van der Waals surface area contributed by atoms with Gasteiger partial charge in [-0.3, -0.25) is 0 Å². The largest absolute Gasteiger partial charge is 0.496 e. The minimum Gasteiger partial charge on any atom is -0.496 e. The topological polar surface area (TPSA) is 78.1 Å². The second-order valence-corrected chi connectivity index (χ2v) is 5.59. The first kappa shape index (κ1) is 20.6. The molecule has 0 aliphatic heterocycles. The van der Waals surface area contributed by atoms with Gasteiger partial charge < -0.3 is 25.3 Å². The van der Waals surface area contributed by atoms with Crippen LogP contribution >= 0.6 is 24.0 Å². The fraction of sp³-hybridized carbons (Fsp3) is 0.533. The molecular weight excluding hydrogens is 397 g/mol. The van der Waals surface area contributed by atoms with Crippen molar-refractivity contribution in [3.8, 4) is 17.2 Å². The molecule has 0 aliphatic rings. The maximum atomic E-state index is 5.88. The van der Waals surface area contributed by atoms with Crippen LogP contribution in [0.4, 0.5) is 0 Å². The van der Waals surface area contributed by atoms with Gasteiger partial charge in [0.25, 0.3) is 0 Å². The molecule has 0 bridgehead atoms. The van der Waals surface area contributed by atoms with Gasteiger partial charge in [-0.1, -0.05) is 0 Å². The highest BCUT2D eigenvalue weighted by Crippen LogP contribution is 2.34. The Morgan fingerprint density at radius 3 is 1.95 bits per heavy atom. The zero-order valence-electron chi connectivity index (χ0n) is 14.0. The highest BCUT2D eigenvalue weighted by atomic mass is 127. The second-order valence-electron chi connectivity index (χ2n) is 5.59. The third-order valence-electron chi connectivity index (χ3n) is 2.73. The van der Waals surface area contributed by atoms with E-state index in [0.29, 0.717) is 29.8 Å². The van der Waals surface area contributed by atoms with Crippen molar-refractivity contribution in [2.45, 2.75) is 32.9 Å². The highest BCUT2D eigenvalue weighted by Gasteiger charge is 2.14. The first-order chi connectivity index (χ1) is 9.80. The van der Waals surface area contributed by atoms with Gasteiger partial charge in [-0.15, -0.1) is 24.0 Å². The number of benzene rings is 1. The molecule has 0 aromatic heterocycles. The summed E-state index contributed by atoms with van der Waals surface area (Å²) in [6.07, 6.45) is 0. The molecule has 126 valence electrons. The van der Waals surface area contributed by atoms with Crippen LogP contribution in [0.2, 0.25) is 0 Å². The van der Waals surface area contributed by atoms with Crippen LogP contribution in [0.5, 0.6) is 17.2 Å². The van der Waals surface area contributed by atoms with Crippen LogP contribution in [0, 0.1) is 0 Å². The normalized spacial score (nSPS) is 11.5. The van der Waals surface area contributed by atoms with Gasteiger partial charge in [0.2, 0.25) is 0 Å². The standard InChI is InChI=1S/C15H25N3O3.HI/c1-15(2,3)18-14(16)17-9-11-12(20-5)7-10(19-4)8-13(11)21-6;/h7-8H,9H2,1-6H3,(H3,16,17,18);1H. The number of nitrogens with two attached hydrogens (primary N) is 1. The molecule has 3 N–H and O–H groups in total. The summed E-state index contributed by atoms with van der Waals surface area (Å²) in [4.78, 5) is 4.33. The third-order valence-corrected chi connectivity index (χ3v) is 2.73. The Labute approximate surface area is 149 Å². The summed E-state index contributed by atoms with van der Waals surface area (Å²) in [6.45, 7) is 6.41. The van der Waals surface area contributed by atoms with Gasteiger partial charge in [0.1, 0.15) is 17.2 Å². The fourth-order valence-corrected chi connectivity index (χ4v) is 1.82. The molecule has 1 aromatic carbocycles. The first-order valence-electron chi connectivity index (χ1n) is 6.67. The van der Waals surface area contributed by atoms with Crippen molar-refractivity contribution >= 4 is 29.9 Å². The summed E-state index contributed by atoms with van der Waals surface area (Å²) in [6, 6.07) is 3.58. The van der Waals surface area contributed by atoms with Crippen LogP contribution in [-0.2, 0) is 6.54 Å². The molecule has 0 radical (unpaired) electrons. The summed E-state index contributed by atoms with van der Waals surface area (Å²) in [7, 11) is 4.79. The molecule has 0 amide bonds. The Morgan fingerprint density at radius 1 is 1.09 bits per heavy atom. The molecule has 0 unspecified atom stereocenters. The van der Waals surface area contributed by atoms with E-state index in [0.717, 1.165) is 5.56 Å². The van der Waals surface area contributed by atoms with Gasteiger partial charge in [-0.05, 0) is 20.8 Å². The van der Waals surface area contributed by atoms with Crippen LogP contribution in [0.1, 0.15) is 26.3 Å². The zero-order valence-corrected chi connectivity index (χ0v) is 16.3. The van der Waals surface area contributed by atoms with Crippen molar-refractivity contribution in [2.24, 2.45) is 10.7 Å².